The number of para-hydroxylation sites is 1. The first kappa shape index (κ1) is 22.2. The molecule has 0 radical (unpaired) electrons. The van der Waals surface area contributed by atoms with Crippen LogP contribution in [0.1, 0.15) is 29.2 Å². The Balaban J connectivity index is 1.53. The Bertz CT molecular complexity index is 1430. The monoisotopic (exact) mass is 465 g/mol. The van der Waals surface area contributed by atoms with Gasteiger partial charge in [0.25, 0.3) is 5.91 Å². The normalized spacial score (nSPS) is 16.3. The van der Waals surface area contributed by atoms with Crippen molar-refractivity contribution in [1.82, 2.24) is 9.47 Å². The predicted octanol–water partition coefficient (Wildman–Crippen LogP) is 6.93. The molecule has 1 fully saturated rings. The summed E-state index contributed by atoms with van der Waals surface area (Å²) >= 11 is 1.46. The second kappa shape index (κ2) is 9.35. The van der Waals surface area contributed by atoms with Crippen LogP contribution in [0.25, 0.3) is 17.0 Å². The zero-order valence-electron chi connectivity index (χ0n) is 19.7. The molecular formula is C29H27N3OS. The van der Waals surface area contributed by atoms with Crippen LogP contribution in [0, 0.1) is 13.8 Å². The van der Waals surface area contributed by atoms with Gasteiger partial charge >= 0.3 is 0 Å². The molecule has 0 saturated carbocycles. The molecule has 1 aliphatic heterocycles. The van der Waals surface area contributed by atoms with Crippen LogP contribution in [0.2, 0.25) is 0 Å². The molecule has 0 aliphatic carbocycles. The van der Waals surface area contributed by atoms with E-state index in [0.717, 1.165) is 45.0 Å². The van der Waals surface area contributed by atoms with E-state index in [2.05, 4.69) is 85.3 Å². The maximum Gasteiger partial charge on any atom is 0.266 e. The summed E-state index contributed by atoms with van der Waals surface area (Å²) in [4.78, 5) is 20.6. The highest BCUT2D eigenvalue weighted by atomic mass is 32.2. The zero-order chi connectivity index (χ0) is 23.7. The van der Waals surface area contributed by atoms with E-state index in [0.29, 0.717) is 11.4 Å². The number of nitrogens with zero attached hydrogens (tertiary/aromatic N) is 3. The van der Waals surface area contributed by atoms with Crippen LogP contribution in [-0.4, -0.2) is 27.1 Å². The van der Waals surface area contributed by atoms with E-state index in [-0.39, 0.29) is 5.91 Å². The molecule has 2 heterocycles. The van der Waals surface area contributed by atoms with Crippen LogP contribution in [0.3, 0.4) is 0 Å². The van der Waals surface area contributed by atoms with Crippen molar-refractivity contribution in [3.8, 4) is 0 Å². The Morgan fingerprint density at radius 2 is 1.74 bits per heavy atom. The predicted molar refractivity (Wildman–Crippen MR) is 143 cm³/mol. The van der Waals surface area contributed by atoms with Gasteiger partial charge in [0.15, 0.2) is 5.17 Å². The van der Waals surface area contributed by atoms with Gasteiger partial charge in [-0.25, -0.2) is 4.99 Å². The highest BCUT2D eigenvalue weighted by Gasteiger charge is 2.32. The van der Waals surface area contributed by atoms with Crippen LogP contribution in [0.4, 0.5) is 5.69 Å². The van der Waals surface area contributed by atoms with Gasteiger partial charge in [0.05, 0.1) is 10.6 Å². The van der Waals surface area contributed by atoms with E-state index in [4.69, 9.17) is 4.99 Å². The third-order valence-electron chi connectivity index (χ3n) is 6.09. The van der Waals surface area contributed by atoms with Gasteiger partial charge < -0.3 is 4.57 Å². The molecule has 0 atom stereocenters. The van der Waals surface area contributed by atoms with Gasteiger partial charge in [-0.2, -0.15) is 0 Å². The maximum atomic E-state index is 13.3. The van der Waals surface area contributed by atoms with Gasteiger partial charge in [-0.1, -0.05) is 60.7 Å². The van der Waals surface area contributed by atoms with E-state index in [1.807, 2.05) is 25.1 Å². The fraction of sp³-hybridized carbons (Fsp3) is 0.172. The van der Waals surface area contributed by atoms with Gasteiger partial charge in [-0.3, -0.25) is 9.69 Å². The molecule has 1 amide bonds. The van der Waals surface area contributed by atoms with Crippen molar-refractivity contribution in [1.29, 1.82) is 0 Å². The first-order chi connectivity index (χ1) is 16.5. The molecule has 1 aromatic heterocycles. The van der Waals surface area contributed by atoms with Crippen molar-refractivity contribution < 1.29 is 4.79 Å². The average Bonchev–Trinajstić information content (AvgIpc) is 3.34. The molecule has 34 heavy (non-hydrogen) atoms. The Hall–Kier alpha value is -3.57. The lowest BCUT2D eigenvalue weighted by Crippen LogP contribution is -2.28. The molecule has 0 unspecified atom stereocenters. The van der Waals surface area contributed by atoms with Crippen molar-refractivity contribution in [2.75, 3.05) is 6.54 Å². The maximum absolute atomic E-state index is 13.3. The van der Waals surface area contributed by atoms with Gasteiger partial charge in [-0.15, -0.1) is 0 Å². The van der Waals surface area contributed by atoms with Crippen LogP contribution in [0.5, 0.6) is 0 Å². The quantitative estimate of drug-likeness (QED) is 0.300. The van der Waals surface area contributed by atoms with Crippen molar-refractivity contribution in [2.24, 2.45) is 4.99 Å². The summed E-state index contributed by atoms with van der Waals surface area (Å²) in [6, 6.07) is 25.0. The SMILES string of the molecule is CCN1C(=O)/C(=C\c2cn(Cc3ccccc3)c3ccccc23)SC1=Nc1cc(C)ccc1C. The van der Waals surface area contributed by atoms with E-state index >= 15 is 0 Å². The van der Waals surface area contributed by atoms with Gasteiger partial charge in [0.2, 0.25) is 0 Å². The number of fused-ring (bicyclic) bond motifs is 1. The number of thioether (sulfide) groups is 1. The topological polar surface area (TPSA) is 37.6 Å². The van der Waals surface area contributed by atoms with Crippen LogP contribution < -0.4 is 0 Å². The first-order valence-corrected chi connectivity index (χ1v) is 12.3. The second-order valence-electron chi connectivity index (χ2n) is 8.56. The summed E-state index contributed by atoms with van der Waals surface area (Å²) in [5, 5.41) is 1.88. The van der Waals surface area contributed by atoms with Crippen molar-refractivity contribution in [3.63, 3.8) is 0 Å². The lowest BCUT2D eigenvalue weighted by Gasteiger charge is -2.12. The van der Waals surface area contributed by atoms with Crippen LogP contribution in [-0.2, 0) is 11.3 Å². The van der Waals surface area contributed by atoms with Gasteiger partial charge in [0.1, 0.15) is 0 Å². The highest BCUT2D eigenvalue weighted by Crippen LogP contribution is 2.36. The van der Waals surface area contributed by atoms with Gasteiger partial charge in [0, 0.05) is 35.8 Å². The molecule has 1 saturated heterocycles. The lowest BCUT2D eigenvalue weighted by atomic mass is 10.1. The molecule has 5 rings (SSSR count). The molecule has 4 nitrogen and oxygen atoms in total. The van der Waals surface area contributed by atoms with E-state index in [1.54, 1.807) is 4.90 Å². The van der Waals surface area contributed by atoms with E-state index < -0.39 is 0 Å². The largest absolute Gasteiger partial charge is 0.342 e. The number of rotatable bonds is 5. The molecule has 5 heteroatoms. The summed E-state index contributed by atoms with van der Waals surface area (Å²) in [5.41, 5.74) is 6.62. The highest BCUT2D eigenvalue weighted by molar-refractivity contribution is 8.18. The second-order valence-corrected chi connectivity index (χ2v) is 9.57. The number of amidine groups is 1. The number of hydrogen-bond acceptors (Lipinski definition) is 3. The fourth-order valence-corrected chi connectivity index (χ4v) is 5.30. The van der Waals surface area contributed by atoms with Crippen LogP contribution >= 0.6 is 11.8 Å². The third-order valence-corrected chi connectivity index (χ3v) is 7.09. The number of aliphatic imine (C=N–C) groups is 1. The molecule has 0 spiro atoms. The molecule has 3 aromatic carbocycles. The lowest BCUT2D eigenvalue weighted by molar-refractivity contribution is -0.122. The van der Waals surface area contributed by atoms with Crippen molar-refractivity contribution >= 4 is 45.5 Å². The Kier molecular flexibility index (Phi) is 6.12. The number of carbonyl (C=O) groups excluding carboxylic acids is 1. The standard InChI is InChI=1S/C29H27N3OS/c1-4-32-28(33)27(34-29(32)30-25-16-20(2)14-15-21(25)3)17-23-19-31(18-22-10-6-5-7-11-22)26-13-9-8-12-24(23)26/h5-17,19H,4,18H2,1-3H3/b27-17+,30-29?. The number of hydrogen-bond donors (Lipinski definition) is 0. The molecule has 4 aromatic rings. The molecule has 1 aliphatic rings. The number of amides is 1. The molecule has 170 valence electrons. The Labute approximate surface area is 204 Å². The molecular weight excluding hydrogens is 438 g/mol. The first-order valence-electron chi connectivity index (χ1n) is 11.5. The minimum Gasteiger partial charge on any atom is -0.342 e. The fourth-order valence-electron chi connectivity index (χ4n) is 4.26. The smallest absolute Gasteiger partial charge is 0.266 e. The Morgan fingerprint density at radius 1 is 0.971 bits per heavy atom. The Morgan fingerprint density at radius 3 is 2.53 bits per heavy atom. The van der Waals surface area contributed by atoms with Crippen molar-refractivity contribution in [3.05, 3.63) is 106 Å². The van der Waals surface area contributed by atoms with Gasteiger partial charge in [-0.05, 0) is 67.4 Å². The van der Waals surface area contributed by atoms with E-state index in [1.165, 1.54) is 17.3 Å². The number of likely N-dealkylation sites (N-methyl/N-ethyl adjacent to an activating group) is 1. The zero-order valence-corrected chi connectivity index (χ0v) is 20.5. The average molecular weight is 466 g/mol. The summed E-state index contributed by atoms with van der Waals surface area (Å²) in [6.45, 7) is 7.47. The third kappa shape index (κ3) is 4.31. The number of carbonyl (C=O) groups is 1. The number of aryl methyl sites for hydroxylation is 2. The summed E-state index contributed by atoms with van der Waals surface area (Å²) in [6.07, 6.45) is 4.17. The number of benzene rings is 3. The summed E-state index contributed by atoms with van der Waals surface area (Å²) in [7, 11) is 0. The van der Waals surface area contributed by atoms with Crippen molar-refractivity contribution in [2.45, 2.75) is 27.3 Å². The summed E-state index contributed by atoms with van der Waals surface area (Å²) in [5.74, 6) is 0.0106. The minimum atomic E-state index is 0.0106. The summed E-state index contributed by atoms with van der Waals surface area (Å²) < 4.78 is 2.25. The van der Waals surface area contributed by atoms with E-state index in [9.17, 15) is 4.79 Å². The molecule has 0 N–H and O–H groups in total. The van der Waals surface area contributed by atoms with Crippen LogP contribution in [0.15, 0.2) is 88.9 Å². The molecule has 0 bridgehead atoms. The number of aromatic nitrogens is 1. The minimum absolute atomic E-state index is 0.0106.